The summed E-state index contributed by atoms with van der Waals surface area (Å²) in [7, 11) is 0. The molecule has 1 aliphatic carbocycles. The molecule has 1 aromatic rings. The van der Waals surface area contributed by atoms with E-state index < -0.39 is 12.8 Å². The summed E-state index contributed by atoms with van der Waals surface area (Å²) in [5, 5.41) is 3.21. The van der Waals surface area contributed by atoms with Crippen LogP contribution in [0.25, 0.3) is 0 Å². The first kappa shape index (κ1) is 15.3. The summed E-state index contributed by atoms with van der Waals surface area (Å²) in [5.74, 6) is 0.435. The first-order valence-corrected chi connectivity index (χ1v) is 6.95. The molecule has 0 aromatic heterocycles. The normalized spacial score (nSPS) is 19.3. The number of halogens is 3. The fraction of sp³-hybridized carbons (Fsp3) is 0.600. The second-order valence-electron chi connectivity index (χ2n) is 5.22. The lowest BCUT2D eigenvalue weighted by molar-refractivity contribution is -0.175. The summed E-state index contributed by atoms with van der Waals surface area (Å²) >= 11 is 0. The van der Waals surface area contributed by atoms with Crippen LogP contribution in [-0.4, -0.2) is 32.0 Å². The molecule has 1 aliphatic rings. The molecule has 2 rings (SSSR count). The van der Waals surface area contributed by atoms with Gasteiger partial charge in [-0.2, -0.15) is 13.2 Å². The molecule has 0 heterocycles. The third-order valence-corrected chi connectivity index (χ3v) is 3.61. The molecule has 0 saturated heterocycles. The van der Waals surface area contributed by atoms with Gasteiger partial charge in [0.25, 0.3) is 0 Å². The van der Waals surface area contributed by atoms with Gasteiger partial charge < -0.3 is 10.1 Å². The Bertz CT molecular complexity index is 433. The topological polar surface area (TPSA) is 21.3 Å². The molecule has 1 aromatic carbocycles. The molecule has 20 heavy (non-hydrogen) atoms. The summed E-state index contributed by atoms with van der Waals surface area (Å²) in [5.41, 5.74) is 2.68. The van der Waals surface area contributed by atoms with E-state index >= 15 is 0 Å². The Hall–Kier alpha value is -1.07. The van der Waals surface area contributed by atoms with Crippen molar-refractivity contribution in [1.82, 2.24) is 5.32 Å². The second kappa shape index (κ2) is 6.59. The highest BCUT2D eigenvalue weighted by Crippen LogP contribution is 2.38. The van der Waals surface area contributed by atoms with E-state index in [0.29, 0.717) is 5.92 Å². The molecular weight excluding hydrogens is 267 g/mol. The number of nitrogens with one attached hydrogen (secondary N) is 1. The second-order valence-corrected chi connectivity index (χ2v) is 5.22. The largest absolute Gasteiger partial charge is 0.411 e. The van der Waals surface area contributed by atoms with Gasteiger partial charge in [-0.1, -0.05) is 31.2 Å². The first-order valence-electron chi connectivity index (χ1n) is 6.95. The maximum atomic E-state index is 12.1. The van der Waals surface area contributed by atoms with Gasteiger partial charge in [0, 0.05) is 6.04 Å². The molecule has 2 unspecified atom stereocenters. The predicted molar refractivity (Wildman–Crippen MR) is 71.8 cm³/mol. The Labute approximate surface area is 117 Å². The minimum Gasteiger partial charge on any atom is -0.370 e. The van der Waals surface area contributed by atoms with Gasteiger partial charge in [0.2, 0.25) is 0 Å². The van der Waals surface area contributed by atoms with Crippen LogP contribution in [0, 0.1) is 0 Å². The van der Waals surface area contributed by atoms with E-state index in [1.807, 2.05) is 19.1 Å². The number of hydrogen-bond acceptors (Lipinski definition) is 2. The van der Waals surface area contributed by atoms with Crippen molar-refractivity contribution in [3.05, 3.63) is 35.4 Å². The van der Waals surface area contributed by atoms with Crippen molar-refractivity contribution in [2.24, 2.45) is 0 Å². The molecule has 0 aliphatic heterocycles. The van der Waals surface area contributed by atoms with Crippen LogP contribution in [0.2, 0.25) is 0 Å². The van der Waals surface area contributed by atoms with E-state index in [9.17, 15) is 13.2 Å². The maximum absolute atomic E-state index is 12.1. The maximum Gasteiger partial charge on any atom is 0.411 e. The number of rotatable bonds is 7. The van der Waals surface area contributed by atoms with Gasteiger partial charge in [0.15, 0.2) is 0 Å². The van der Waals surface area contributed by atoms with Gasteiger partial charge in [-0.25, -0.2) is 0 Å². The van der Waals surface area contributed by atoms with E-state index in [1.54, 1.807) is 0 Å². The monoisotopic (exact) mass is 287 g/mol. The molecule has 112 valence electrons. The third-order valence-electron chi connectivity index (χ3n) is 3.61. The standard InChI is InChI=1S/C15H20F3NO/c1-2-19-13(9-20-10-15(16,17)18)8-12-7-11-5-3-4-6-14(11)12/h3-6,12-13,19H,2,7-10H2,1H3. The smallest absolute Gasteiger partial charge is 0.370 e. The highest BCUT2D eigenvalue weighted by atomic mass is 19.4. The summed E-state index contributed by atoms with van der Waals surface area (Å²) < 4.78 is 41.0. The molecule has 2 atom stereocenters. The van der Waals surface area contributed by atoms with E-state index in [4.69, 9.17) is 4.74 Å². The number of hydrogen-bond donors (Lipinski definition) is 1. The zero-order chi connectivity index (χ0) is 14.6. The highest BCUT2D eigenvalue weighted by molar-refractivity contribution is 5.39. The summed E-state index contributed by atoms with van der Waals surface area (Å²) in [6.07, 6.45) is -2.42. The summed E-state index contributed by atoms with van der Waals surface area (Å²) in [4.78, 5) is 0. The third kappa shape index (κ3) is 4.21. The predicted octanol–water partition coefficient (Wildman–Crippen LogP) is 3.27. The number of ether oxygens (including phenoxy) is 1. The van der Waals surface area contributed by atoms with Crippen LogP contribution in [0.5, 0.6) is 0 Å². The minimum absolute atomic E-state index is 0.0271. The zero-order valence-corrected chi connectivity index (χ0v) is 11.5. The van der Waals surface area contributed by atoms with E-state index in [1.165, 1.54) is 11.1 Å². The molecule has 0 fully saturated rings. The quantitative estimate of drug-likeness (QED) is 0.831. The molecule has 1 N–H and O–H groups in total. The Morgan fingerprint density at radius 3 is 2.75 bits per heavy atom. The number of alkyl halides is 3. The Balaban J connectivity index is 1.81. The first-order chi connectivity index (χ1) is 9.49. The van der Waals surface area contributed by atoms with Gasteiger partial charge in [0.05, 0.1) is 6.61 Å². The fourth-order valence-corrected chi connectivity index (χ4v) is 2.73. The number of benzene rings is 1. The van der Waals surface area contributed by atoms with Crippen molar-refractivity contribution < 1.29 is 17.9 Å². The highest BCUT2D eigenvalue weighted by Gasteiger charge is 2.30. The molecule has 0 saturated carbocycles. The van der Waals surface area contributed by atoms with Gasteiger partial charge >= 0.3 is 6.18 Å². The summed E-state index contributed by atoms with van der Waals surface area (Å²) in [6, 6.07) is 8.20. The molecule has 0 radical (unpaired) electrons. The van der Waals surface area contributed by atoms with Crippen LogP contribution in [0.3, 0.4) is 0 Å². The average molecular weight is 287 g/mol. The van der Waals surface area contributed by atoms with Gasteiger partial charge in [-0.15, -0.1) is 0 Å². The van der Waals surface area contributed by atoms with E-state index in [-0.39, 0.29) is 12.6 Å². The molecular formula is C15H20F3NO. The lowest BCUT2D eigenvalue weighted by Crippen LogP contribution is -2.37. The zero-order valence-electron chi connectivity index (χ0n) is 11.5. The van der Waals surface area contributed by atoms with Crippen molar-refractivity contribution in [1.29, 1.82) is 0 Å². The van der Waals surface area contributed by atoms with Crippen LogP contribution in [0.4, 0.5) is 13.2 Å². The minimum atomic E-state index is -4.25. The van der Waals surface area contributed by atoms with Crippen LogP contribution in [-0.2, 0) is 11.2 Å². The van der Waals surface area contributed by atoms with Gasteiger partial charge in [-0.05, 0) is 36.4 Å². The van der Waals surface area contributed by atoms with Crippen molar-refractivity contribution in [3.63, 3.8) is 0 Å². The Kier molecular flexibility index (Phi) is 5.05. The van der Waals surface area contributed by atoms with Crippen LogP contribution >= 0.6 is 0 Å². The average Bonchev–Trinajstić information content (AvgIpc) is 2.34. The Morgan fingerprint density at radius 1 is 1.35 bits per heavy atom. The lowest BCUT2D eigenvalue weighted by Gasteiger charge is -2.33. The van der Waals surface area contributed by atoms with Crippen molar-refractivity contribution in [3.8, 4) is 0 Å². The van der Waals surface area contributed by atoms with Crippen molar-refractivity contribution in [2.75, 3.05) is 19.8 Å². The number of likely N-dealkylation sites (N-methyl/N-ethyl adjacent to an activating group) is 1. The number of fused-ring (bicyclic) bond motifs is 1. The molecule has 5 heteroatoms. The van der Waals surface area contributed by atoms with Crippen molar-refractivity contribution in [2.45, 2.75) is 37.9 Å². The molecule has 2 nitrogen and oxygen atoms in total. The van der Waals surface area contributed by atoms with Crippen LogP contribution < -0.4 is 5.32 Å². The van der Waals surface area contributed by atoms with Crippen LogP contribution in [0.15, 0.2) is 24.3 Å². The van der Waals surface area contributed by atoms with Crippen LogP contribution in [0.1, 0.15) is 30.4 Å². The van der Waals surface area contributed by atoms with Gasteiger partial charge in [0.1, 0.15) is 6.61 Å². The molecule has 0 spiro atoms. The van der Waals surface area contributed by atoms with Gasteiger partial charge in [-0.3, -0.25) is 0 Å². The van der Waals surface area contributed by atoms with E-state index in [0.717, 1.165) is 19.4 Å². The SMILES string of the molecule is CCNC(COCC(F)(F)F)CC1Cc2ccccc21. The van der Waals surface area contributed by atoms with Crippen molar-refractivity contribution >= 4 is 0 Å². The Morgan fingerprint density at radius 2 is 2.10 bits per heavy atom. The molecule has 0 amide bonds. The lowest BCUT2D eigenvalue weighted by atomic mass is 9.74. The summed E-state index contributed by atoms with van der Waals surface area (Å²) in [6.45, 7) is 1.61. The van der Waals surface area contributed by atoms with E-state index in [2.05, 4.69) is 17.4 Å². The fourth-order valence-electron chi connectivity index (χ4n) is 2.73. The molecule has 0 bridgehead atoms.